The van der Waals surface area contributed by atoms with E-state index in [4.69, 9.17) is 9.47 Å². The van der Waals surface area contributed by atoms with Gasteiger partial charge in [-0.25, -0.2) is 17.5 Å². The number of benzene rings is 1. The zero-order valence-corrected chi connectivity index (χ0v) is 19.3. The Morgan fingerprint density at radius 3 is 2.41 bits per heavy atom. The van der Waals surface area contributed by atoms with Crippen LogP contribution >= 0.6 is 0 Å². The predicted molar refractivity (Wildman–Crippen MR) is 117 cm³/mol. The van der Waals surface area contributed by atoms with E-state index in [2.05, 4.69) is 0 Å². The summed E-state index contributed by atoms with van der Waals surface area (Å²) < 4.78 is 51.2. The van der Waals surface area contributed by atoms with Gasteiger partial charge in [0.2, 0.25) is 10.0 Å². The van der Waals surface area contributed by atoms with E-state index < -0.39 is 21.7 Å². The molecule has 8 heteroatoms. The lowest BCUT2D eigenvalue weighted by atomic mass is 9.50. The van der Waals surface area contributed by atoms with Crippen molar-refractivity contribution in [2.75, 3.05) is 26.1 Å². The lowest BCUT2D eigenvalue weighted by molar-refractivity contribution is -0.0999. The number of rotatable bonds is 9. The molecule has 32 heavy (non-hydrogen) atoms. The fraction of sp³-hybridized carbons (Fsp3) is 0.708. The number of halogens is 1. The van der Waals surface area contributed by atoms with E-state index in [-0.39, 0.29) is 29.9 Å². The number of hydrogen-bond donors (Lipinski definition) is 1. The van der Waals surface area contributed by atoms with E-state index in [1.807, 2.05) is 4.72 Å². The molecule has 4 bridgehead atoms. The van der Waals surface area contributed by atoms with Gasteiger partial charge >= 0.3 is 0 Å². The first-order valence-corrected chi connectivity index (χ1v) is 13.4. The highest BCUT2D eigenvalue weighted by Crippen LogP contribution is 2.60. The number of nitrogens with one attached hydrogen (secondary N) is 1. The average molecular weight is 466 g/mol. The molecule has 0 saturated heterocycles. The molecule has 5 aliphatic carbocycles. The minimum Gasteiger partial charge on any atom is -0.384 e. The zero-order valence-electron chi connectivity index (χ0n) is 18.5. The largest absolute Gasteiger partial charge is 0.384 e. The molecule has 1 amide bonds. The van der Waals surface area contributed by atoms with Gasteiger partial charge in [0.05, 0.1) is 30.6 Å². The van der Waals surface area contributed by atoms with Crippen LogP contribution in [0.3, 0.4) is 0 Å². The Hall–Kier alpha value is -1.51. The van der Waals surface area contributed by atoms with E-state index in [1.165, 1.54) is 57.8 Å². The lowest BCUT2D eigenvalue weighted by Crippen LogP contribution is -2.48. The van der Waals surface area contributed by atoms with Gasteiger partial charge in [-0.05, 0) is 85.8 Å². The van der Waals surface area contributed by atoms with Crippen LogP contribution in [0.1, 0.15) is 66.8 Å². The standard InChI is InChI=1S/C24H32FNO5S/c1-30-4-5-32(28,29)26-23(27)20-9-18(2-3-21(20)25)19-10-22(19)31-14-24-11-15-6-16(12-24)8-17(7-15)13-24/h2-3,9,15-17,19,22H,4-8,10-14H2,1H3,(H,26,27). The van der Waals surface area contributed by atoms with E-state index in [1.54, 1.807) is 6.07 Å². The van der Waals surface area contributed by atoms with Crippen molar-refractivity contribution in [2.45, 2.75) is 57.0 Å². The van der Waals surface area contributed by atoms with Crippen LogP contribution in [0.25, 0.3) is 0 Å². The topological polar surface area (TPSA) is 81.7 Å². The Morgan fingerprint density at radius 1 is 1.12 bits per heavy atom. The summed E-state index contributed by atoms with van der Waals surface area (Å²) in [4.78, 5) is 12.4. The quantitative estimate of drug-likeness (QED) is 0.602. The number of carbonyl (C=O) groups excluding carboxylic acids is 1. The van der Waals surface area contributed by atoms with Gasteiger partial charge in [-0.2, -0.15) is 0 Å². The third kappa shape index (κ3) is 4.59. The van der Waals surface area contributed by atoms with Gasteiger partial charge in [0.1, 0.15) is 5.82 Å². The molecule has 5 saturated carbocycles. The molecule has 1 aromatic carbocycles. The van der Waals surface area contributed by atoms with Crippen LogP contribution in [0.4, 0.5) is 4.39 Å². The van der Waals surface area contributed by atoms with Crippen LogP contribution in [-0.4, -0.2) is 46.5 Å². The molecule has 1 aromatic rings. The number of hydrogen-bond acceptors (Lipinski definition) is 5. The second-order valence-electron chi connectivity index (χ2n) is 10.6. The molecule has 1 N–H and O–H groups in total. The fourth-order valence-electron chi connectivity index (χ4n) is 6.85. The minimum atomic E-state index is -3.88. The van der Waals surface area contributed by atoms with Crippen molar-refractivity contribution in [3.05, 3.63) is 35.1 Å². The molecule has 0 radical (unpaired) electrons. The van der Waals surface area contributed by atoms with E-state index >= 15 is 0 Å². The summed E-state index contributed by atoms with van der Waals surface area (Å²) in [7, 11) is -2.51. The average Bonchev–Trinajstić information content (AvgIpc) is 3.50. The van der Waals surface area contributed by atoms with Crippen LogP contribution in [0, 0.1) is 29.0 Å². The summed E-state index contributed by atoms with van der Waals surface area (Å²) in [6.45, 7) is 0.764. The predicted octanol–water partition coefficient (Wildman–Crippen LogP) is 3.62. The Kier molecular flexibility index (Phi) is 5.83. The van der Waals surface area contributed by atoms with Gasteiger partial charge in [-0.1, -0.05) is 6.07 Å². The first-order chi connectivity index (χ1) is 15.3. The number of sulfonamides is 1. The highest BCUT2D eigenvalue weighted by molar-refractivity contribution is 7.90. The Labute approximate surface area is 189 Å². The molecule has 5 aliphatic rings. The first kappa shape index (κ1) is 22.3. The number of amides is 1. The van der Waals surface area contributed by atoms with Gasteiger partial charge in [0.15, 0.2) is 0 Å². The Balaban J connectivity index is 1.20. The van der Waals surface area contributed by atoms with Gasteiger partial charge in [0.25, 0.3) is 5.91 Å². The molecule has 2 unspecified atom stereocenters. The second-order valence-corrected chi connectivity index (χ2v) is 12.4. The van der Waals surface area contributed by atoms with Crippen molar-refractivity contribution < 1.29 is 27.1 Å². The van der Waals surface area contributed by atoms with Gasteiger partial charge < -0.3 is 9.47 Å². The van der Waals surface area contributed by atoms with Gasteiger partial charge in [-0.15, -0.1) is 0 Å². The SMILES string of the molecule is COCCS(=O)(=O)NC(=O)c1cc(C2CC2OCC23CC4CC(CC(C4)C2)C3)ccc1F. The number of ether oxygens (including phenoxy) is 2. The Bertz CT molecular complexity index is 959. The molecule has 2 atom stereocenters. The third-order valence-electron chi connectivity index (χ3n) is 7.97. The maximum Gasteiger partial charge on any atom is 0.267 e. The molecular weight excluding hydrogens is 433 g/mol. The van der Waals surface area contributed by atoms with Crippen molar-refractivity contribution in [3.63, 3.8) is 0 Å². The number of carbonyl (C=O) groups is 1. The summed E-state index contributed by atoms with van der Waals surface area (Å²) in [5.74, 6) is 0.738. The summed E-state index contributed by atoms with van der Waals surface area (Å²) in [6.07, 6.45) is 9.07. The van der Waals surface area contributed by atoms with E-state index in [9.17, 15) is 17.6 Å². The minimum absolute atomic E-state index is 0.0457. The van der Waals surface area contributed by atoms with Crippen molar-refractivity contribution in [1.82, 2.24) is 4.72 Å². The molecular formula is C24H32FNO5S. The van der Waals surface area contributed by atoms with Crippen molar-refractivity contribution in [3.8, 4) is 0 Å². The summed E-state index contributed by atoms with van der Waals surface area (Å²) in [5, 5.41) is 0. The van der Waals surface area contributed by atoms with Gasteiger partial charge in [0, 0.05) is 13.0 Å². The smallest absolute Gasteiger partial charge is 0.267 e. The van der Waals surface area contributed by atoms with Crippen LogP contribution in [0.15, 0.2) is 18.2 Å². The first-order valence-electron chi connectivity index (χ1n) is 11.7. The van der Waals surface area contributed by atoms with Crippen LogP contribution in [-0.2, 0) is 19.5 Å². The maximum atomic E-state index is 14.3. The number of methoxy groups -OCH3 is 1. The van der Waals surface area contributed by atoms with Crippen molar-refractivity contribution in [2.24, 2.45) is 23.2 Å². The fourth-order valence-corrected chi connectivity index (χ4v) is 7.73. The van der Waals surface area contributed by atoms with Crippen LogP contribution in [0.2, 0.25) is 0 Å². The van der Waals surface area contributed by atoms with Crippen LogP contribution < -0.4 is 4.72 Å². The molecule has 6 nitrogen and oxygen atoms in total. The van der Waals surface area contributed by atoms with Crippen LogP contribution in [0.5, 0.6) is 0 Å². The summed E-state index contributed by atoms with van der Waals surface area (Å²) in [5.41, 5.74) is 0.920. The molecule has 0 spiro atoms. The van der Waals surface area contributed by atoms with E-state index in [0.29, 0.717) is 5.41 Å². The second kappa shape index (κ2) is 8.37. The molecule has 5 fully saturated rings. The highest BCUT2D eigenvalue weighted by Gasteiger charge is 2.52. The summed E-state index contributed by atoms with van der Waals surface area (Å²) in [6, 6.07) is 4.38. The Morgan fingerprint density at radius 2 is 1.78 bits per heavy atom. The molecule has 176 valence electrons. The summed E-state index contributed by atoms with van der Waals surface area (Å²) >= 11 is 0. The molecule has 6 rings (SSSR count). The monoisotopic (exact) mass is 465 g/mol. The lowest BCUT2D eigenvalue weighted by Gasteiger charge is -2.56. The molecule has 0 aliphatic heterocycles. The van der Waals surface area contributed by atoms with Crippen molar-refractivity contribution in [1.29, 1.82) is 0 Å². The highest BCUT2D eigenvalue weighted by atomic mass is 32.2. The maximum absolute atomic E-state index is 14.3. The van der Waals surface area contributed by atoms with Crippen molar-refractivity contribution >= 4 is 15.9 Å². The van der Waals surface area contributed by atoms with Gasteiger partial charge in [-0.3, -0.25) is 4.79 Å². The molecule has 0 heterocycles. The molecule has 0 aromatic heterocycles. The zero-order chi connectivity index (χ0) is 22.5. The van der Waals surface area contributed by atoms with E-state index in [0.717, 1.165) is 36.3 Å². The third-order valence-corrected chi connectivity index (χ3v) is 9.17. The normalized spacial score (nSPS) is 35.1.